The number of ether oxygens (including phenoxy) is 2. The van der Waals surface area contributed by atoms with Crippen molar-refractivity contribution in [1.82, 2.24) is 9.97 Å². The minimum absolute atomic E-state index is 0.145. The zero-order valence-electron chi connectivity index (χ0n) is 14.9. The van der Waals surface area contributed by atoms with E-state index in [4.69, 9.17) is 13.9 Å². The maximum atomic E-state index is 13.0. The van der Waals surface area contributed by atoms with Gasteiger partial charge in [0.1, 0.15) is 23.8 Å². The highest BCUT2D eigenvalue weighted by atomic mass is 19.4. The van der Waals surface area contributed by atoms with Crippen LogP contribution in [0.2, 0.25) is 0 Å². The molecule has 0 saturated heterocycles. The van der Waals surface area contributed by atoms with Crippen LogP contribution in [0, 0.1) is 6.92 Å². The molecule has 0 aromatic carbocycles. The Labute approximate surface area is 149 Å². The van der Waals surface area contributed by atoms with E-state index >= 15 is 0 Å². The Balaban J connectivity index is 2.30. The minimum Gasteiger partial charge on any atom is -0.489 e. The topological polar surface area (TPSA) is 57.4 Å². The van der Waals surface area contributed by atoms with Crippen LogP contribution in [0.5, 0.6) is 5.75 Å². The van der Waals surface area contributed by atoms with Crippen LogP contribution in [0.1, 0.15) is 31.7 Å². The summed E-state index contributed by atoms with van der Waals surface area (Å²) in [6, 6.07) is 1.64. The van der Waals surface area contributed by atoms with Gasteiger partial charge in [-0.3, -0.25) is 4.98 Å². The summed E-state index contributed by atoms with van der Waals surface area (Å²) in [5, 5.41) is 0. The van der Waals surface area contributed by atoms with Crippen molar-refractivity contribution in [2.75, 3.05) is 19.8 Å². The summed E-state index contributed by atoms with van der Waals surface area (Å²) in [4.78, 5) is 8.20. The number of alkyl halides is 3. The molecule has 0 radical (unpaired) electrons. The average molecular weight is 370 g/mol. The Morgan fingerprint density at radius 2 is 2.04 bits per heavy atom. The van der Waals surface area contributed by atoms with Crippen molar-refractivity contribution in [1.29, 1.82) is 0 Å². The average Bonchev–Trinajstić information content (AvgIpc) is 2.96. The summed E-state index contributed by atoms with van der Waals surface area (Å²) < 4.78 is 55.3. The molecule has 5 nitrogen and oxygen atoms in total. The quantitative estimate of drug-likeness (QED) is 0.624. The monoisotopic (exact) mass is 370 g/mol. The largest absolute Gasteiger partial charge is 0.489 e. The molecular formula is C18H21F3N2O3. The molecular weight excluding hydrogens is 349 g/mol. The number of rotatable bonds is 8. The molecule has 0 atom stereocenters. The second kappa shape index (κ2) is 8.84. The van der Waals surface area contributed by atoms with Gasteiger partial charge in [-0.25, -0.2) is 4.98 Å². The first-order valence-corrected chi connectivity index (χ1v) is 8.26. The summed E-state index contributed by atoms with van der Waals surface area (Å²) >= 11 is 0. The molecule has 2 rings (SSSR count). The summed E-state index contributed by atoms with van der Waals surface area (Å²) in [5.74, 6) is 0.906. The lowest BCUT2D eigenvalue weighted by Crippen LogP contribution is -2.10. The Morgan fingerprint density at radius 3 is 2.69 bits per heavy atom. The molecule has 8 heteroatoms. The SMILES string of the molecule is CCOCCOc1cnccc1-c1nc(/C=C(\CC)C(F)(F)F)c(C)o1. The van der Waals surface area contributed by atoms with E-state index in [2.05, 4.69) is 9.97 Å². The Hall–Kier alpha value is -2.35. The Bertz CT molecular complexity index is 754. The molecule has 26 heavy (non-hydrogen) atoms. The van der Waals surface area contributed by atoms with Crippen LogP contribution in [0.25, 0.3) is 17.5 Å². The van der Waals surface area contributed by atoms with Crippen LogP contribution in [0.3, 0.4) is 0 Å². The molecule has 0 saturated carbocycles. The molecule has 0 aliphatic carbocycles. The molecule has 0 aliphatic rings. The molecule has 0 unspecified atom stereocenters. The van der Waals surface area contributed by atoms with Gasteiger partial charge in [-0.15, -0.1) is 0 Å². The molecule has 0 spiro atoms. The van der Waals surface area contributed by atoms with E-state index in [0.717, 1.165) is 6.08 Å². The lowest BCUT2D eigenvalue weighted by molar-refractivity contribution is -0.0925. The van der Waals surface area contributed by atoms with E-state index in [1.54, 1.807) is 13.0 Å². The van der Waals surface area contributed by atoms with Crippen LogP contribution >= 0.6 is 0 Å². The molecule has 2 aromatic heterocycles. The van der Waals surface area contributed by atoms with E-state index in [9.17, 15) is 13.2 Å². The summed E-state index contributed by atoms with van der Waals surface area (Å²) in [6.45, 7) is 6.20. The van der Waals surface area contributed by atoms with Crippen molar-refractivity contribution >= 4 is 6.08 Å². The third kappa shape index (κ3) is 5.08. The van der Waals surface area contributed by atoms with Crippen LogP contribution in [0.15, 0.2) is 28.5 Å². The number of halogens is 3. The van der Waals surface area contributed by atoms with Crippen LogP contribution in [0.4, 0.5) is 13.2 Å². The molecule has 2 aromatic rings. The zero-order valence-corrected chi connectivity index (χ0v) is 14.9. The number of allylic oxidation sites excluding steroid dienone is 1. The highest BCUT2D eigenvalue weighted by molar-refractivity contribution is 5.64. The fraction of sp³-hybridized carbons (Fsp3) is 0.444. The number of oxazole rings is 1. The van der Waals surface area contributed by atoms with Gasteiger partial charge >= 0.3 is 6.18 Å². The van der Waals surface area contributed by atoms with Crippen LogP contribution < -0.4 is 4.74 Å². The molecule has 0 amide bonds. The number of nitrogens with zero attached hydrogens (tertiary/aromatic N) is 2. The predicted octanol–water partition coefficient (Wildman–Crippen LogP) is 4.82. The van der Waals surface area contributed by atoms with Crippen LogP contribution in [-0.2, 0) is 4.74 Å². The first-order chi connectivity index (χ1) is 12.4. The minimum atomic E-state index is -4.40. The summed E-state index contributed by atoms with van der Waals surface area (Å²) in [5.41, 5.74) is -0.000995. The van der Waals surface area contributed by atoms with Crippen molar-refractivity contribution in [2.45, 2.75) is 33.4 Å². The molecule has 142 valence electrons. The zero-order chi connectivity index (χ0) is 19.2. The summed E-state index contributed by atoms with van der Waals surface area (Å²) in [7, 11) is 0. The number of aryl methyl sites for hydroxylation is 1. The van der Waals surface area contributed by atoms with E-state index in [-0.39, 0.29) is 18.0 Å². The highest BCUT2D eigenvalue weighted by Gasteiger charge is 2.32. The molecule has 0 N–H and O–H groups in total. The third-order valence-electron chi connectivity index (χ3n) is 3.59. The molecule has 0 bridgehead atoms. The Kier molecular flexibility index (Phi) is 6.79. The summed E-state index contributed by atoms with van der Waals surface area (Å²) in [6.07, 6.45) is -0.494. The molecule has 0 aliphatic heterocycles. The van der Waals surface area contributed by atoms with Gasteiger partial charge in [0.15, 0.2) is 0 Å². The van der Waals surface area contributed by atoms with Gasteiger partial charge in [0, 0.05) is 18.4 Å². The van der Waals surface area contributed by atoms with Crippen molar-refractivity contribution in [3.63, 3.8) is 0 Å². The first-order valence-electron chi connectivity index (χ1n) is 8.26. The van der Waals surface area contributed by atoms with Crippen molar-refractivity contribution in [3.8, 4) is 17.2 Å². The third-order valence-corrected chi connectivity index (χ3v) is 3.59. The van der Waals surface area contributed by atoms with Gasteiger partial charge < -0.3 is 13.9 Å². The maximum Gasteiger partial charge on any atom is 0.412 e. The standard InChI is InChI=1S/C18H21F3N2O3/c1-4-13(18(19,20)21)10-15-12(3)26-17(23-15)14-6-7-22-11-16(14)25-9-8-24-5-2/h6-7,10-11H,4-5,8-9H2,1-3H3/b13-10+. The normalized spacial score (nSPS) is 12.5. The predicted molar refractivity (Wildman–Crippen MR) is 90.8 cm³/mol. The van der Waals surface area contributed by atoms with Crippen molar-refractivity contribution in [2.24, 2.45) is 0 Å². The maximum absolute atomic E-state index is 13.0. The fourth-order valence-electron chi connectivity index (χ4n) is 2.23. The first kappa shape index (κ1) is 20.0. The van der Waals surface area contributed by atoms with E-state index in [1.165, 1.54) is 19.3 Å². The smallest absolute Gasteiger partial charge is 0.412 e. The second-order valence-electron chi connectivity index (χ2n) is 5.40. The van der Waals surface area contributed by atoms with Gasteiger partial charge in [-0.1, -0.05) is 6.92 Å². The van der Waals surface area contributed by atoms with Gasteiger partial charge in [-0.05, 0) is 32.4 Å². The van der Waals surface area contributed by atoms with E-state index in [1.807, 2.05) is 6.92 Å². The van der Waals surface area contributed by atoms with Crippen molar-refractivity contribution < 1.29 is 27.1 Å². The van der Waals surface area contributed by atoms with Gasteiger partial charge in [0.25, 0.3) is 0 Å². The van der Waals surface area contributed by atoms with Gasteiger partial charge in [-0.2, -0.15) is 13.2 Å². The van der Waals surface area contributed by atoms with Gasteiger partial charge in [0.05, 0.1) is 18.4 Å². The lowest BCUT2D eigenvalue weighted by atomic mass is 10.1. The van der Waals surface area contributed by atoms with E-state index in [0.29, 0.717) is 36.9 Å². The van der Waals surface area contributed by atoms with Crippen molar-refractivity contribution in [3.05, 3.63) is 35.5 Å². The van der Waals surface area contributed by atoms with Gasteiger partial charge in [0.2, 0.25) is 5.89 Å². The lowest BCUT2D eigenvalue weighted by Gasteiger charge is -2.08. The number of pyridine rings is 1. The number of aromatic nitrogens is 2. The Morgan fingerprint density at radius 1 is 1.27 bits per heavy atom. The number of hydrogen-bond donors (Lipinski definition) is 0. The fourth-order valence-corrected chi connectivity index (χ4v) is 2.23. The number of hydrogen-bond acceptors (Lipinski definition) is 5. The highest BCUT2D eigenvalue weighted by Crippen LogP contribution is 2.33. The molecule has 2 heterocycles. The second-order valence-corrected chi connectivity index (χ2v) is 5.40. The van der Waals surface area contributed by atoms with Crippen LogP contribution in [-0.4, -0.2) is 36.0 Å². The molecule has 0 fully saturated rings. The van der Waals surface area contributed by atoms with E-state index < -0.39 is 11.7 Å².